The van der Waals surface area contributed by atoms with Crippen LogP contribution >= 0.6 is 27.5 Å². The lowest BCUT2D eigenvalue weighted by molar-refractivity contribution is 0.151. The van der Waals surface area contributed by atoms with Crippen molar-refractivity contribution in [3.63, 3.8) is 0 Å². The van der Waals surface area contributed by atoms with E-state index >= 15 is 0 Å². The average Bonchev–Trinajstić information content (AvgIpc) is 1.96. The minimum Gasteiger partial charge on any atom is -0.205 e. The fourth-order valence-electron chi connectivity index (χ4n) is 0.829. The Morgan fingerprint density at radius 3 is 2.50 bits per heavy atom. The molecule has 0 saturated carbocycles. The van der Waals surface area contributed by atoms with Crippen LogP contribution in [0.4, 0.5) is 8.78 Å². The van der Waals surface area contributed by atoms with Crippen LogP contribution in [-0.2, 0) is 0 Å². The van der Waals surface area contributed by atoms with Crippen LogP contribution in [0.15, 0.2) is 16.6 Å². The number of rotatable bonds is 1. The topological polar surface area (TPSA) is 0 Å². The molecule has 0 unspecified atom stereocenters. The molecule has 0 N–H and O–H groups in total. The highest BCUT2D eigenvalue weighted by atomic mass is 79.9. The molecule has 0 atom stereocenters. The van der Waals surface area contributed by atoms with Crippen molar-refractivity contribution in [1.82, 2.24) is 0 Å². The third-order valence-electron chi connectivity index (χ3n) is 1.51. The number of aryl methyl sites for hydroxylation is 1. The van der Waals surface area contributed by atoms with E-state index in [1.807, 2.05) is 0 Å². The third kappa shape index (κ3) is 1.96. The summed E-state index contributed by atoms with van der Waals surface area (Å²) in [6.45, 7) is 1.80. The Morgan fingerprint density at radius 2 is 2.00 bits per heavy atom. The van der Waals surface area contributed by atoms with Crippen LogP contribution < -0.4 is 0 Å². The molecule has 12 heavy (non-hydrogen) atoms. The highest BCUT2D eigenvalue weighted by Crippen LogP contribution is 2.31. The van der Waals surface area contributed by atoms with Gasteiger partial charge in [0.25, 0.3) is 6.43 Å². The summed E-state index contributed by atoms with van der Waals surface area (Å²) in [7, 11) is 0. The summed E-state index contributed by atoms with van der Waals surface area (Å²) in [6.07, 6.45) is -2.52. The van der Waals surface area contributed by atoms with Gasteiger partial charge in [-0.15, -0.1) is 0 Å². The van der Waals surface area contributed by atoms with Gasteiger partial charge < -0.3 is 0 Å². The van der Waals surface area contributed by atoms with Crippen LogP contribution in [0.25, 0.3) is 0 Å². The highest BCUT2D eigenvalue weighted by Gasteiger charge is 2.13. The Labute approximate surface area is 82.7 Å². The van der Waals surface area contributed by atoms with Crippen LogP contribution in [-0.4, -0.2) is 0 Å². The second kappa shape index (κ2) is 3.71. The molecule has 0 saturated heterocycles. The summed E-state index contributed by atoms with van der Waals surface area (Å²) in [4.78, 5) is 0. The third-order valence-corrected chi connectivity index (χ3v) is 2.69. The zero-order chi connectivity index (χ0) is 9.30. The summed E-state index contributed by atoms with van der Waals surface area (Å²) in [5.41, 5.74) is 0.721. The van der Waals surface area contributed by atoms with Gasteiger partial charge in [-0.25, -0.2) is 8.78 Å². The van der Waals surface area contributed by atoms with Crippen molar-refractivity contribution < 1.29 is 8.78 Å². The van der Waals surface area contributed by atoms with E-state index in [0.29, 0.717) is 4.47 Å². The van der Waals surface area contributed by atoms with Crippen molar-refractivity contribution in [3.05, 3.63) is 32.8 Å². The lowest BCUT2D eigenvalue weighted by atomic mass is 10.1. The van der Waals surface area contributed by atoms with Gasteiger partial charge in [-0.1, -0.05) is 27.5 Å². The predicted octanol–water partition coefficient (Wildman–Crippen LogP) is 4.35. The summed E-state index contributed by atoms with van der Waals surface area (Å²) in [6, 6.07) is 2.87. The van der Waals surface area contributed by atoms with E-state index in [2.05, 4.69) is 15.9 Å². The molecule has 0 aliphatic carbocycles. The molecule has 66 valence electrons. The lowest BCUT2D eigenvalue weighted by Crippen LogP contribution is -1.87. The quantitative estimate of drug-likeness (QED) is 0.700. The molecule has 1 aromatic carbocycles. The fraction of sp³-hybridized carbons (Fsp3) is 0.250. The molecule has 0 aliphatic rings. The lowest BCUT2D eigenvalue weighted by Gasteiger charge is -2.05. The molecule has 0 aliphatic heterocycles. The number of benzene rings is 1. The molecule has 4 heteroatoms. The summed E-state index contributed by atoms with van der Waals surface area (Å²) < 4.78 is 25.1. The number of hydrogen-bond acceptors (Lipinski definition) is 0. The molecular weight excluding hydrogens is 249 g/mol. The maximum atomic E-state index is 12.2. The number of halogens is 4. The first-order valence-electron chi connectivity index (χ1n) is 3.26. The Hall–Kier alpha value is -0.150. The van der Waals surface area contributed by atoms with Gasteiger partial charge >= 0.3 is 0 Å². The van der Waals surface area contributed by atoms with Crippen molar-refractivity contribution in [2.75, 3.05) is 0 Å². The second-order valence-corrected chi connectivity index (χ2v) is 3.69. The van der Waals surface area contributed by atoms with Gasteiger partial charge in [-0.05, 0) is 24.6 Å². The maximum absolute atomic E-state index is 12.2. The van der Waals surface area contributed by atoms with E-state index in [1.165, 1.54) is 12.1 Å². The van der Waals surface area contributed by atoms with E-state index < -0.39 is 6.43 Å². The normalized spacial score (nSPS) is 10.8. The molecule has 1 aromatic rings. The molecular formula is C8H6BrClF2. The van der Waals surface area contributed by atoms with Gasteiger partial charge in [-0.2, -0.15) is 0 Å². The van der Waals surface area contributed by atoms with E-state index in [1.54, 1.807) is 6.92 Å². The van der Waals surface area contributed by atoms with Gasteiger partial charge in [-0.3, -0.25) is 0 Å². The first-order chi connectivity index (χ1) is 5.52. The van der Waals surface area contributed by atoms with Crippen LogP contribution in [0, 0.1) is 6.92 Å². The standard InChI is InChI=1S/C8H6BrClF2/c1-4-2-7(10)5(8(11)12)3-6(4)9/h2-3,8H,1H3. The molecule has 0 radical (unpaired) electrons. The van der Waals surface area contributed by atoms with E-state index in [9.17, 15) is 8.78 Å². The molecule has 0 heterocycles. The molecule has 0 nitrogen and oxygen atoms in total. The maximum Gasteiger partial charge on any atom is 0.265 e. The summed E-state index contributed by atoms with van der Waals surface area (Å²) in [5.74, 6) is 0. The highest BCUT2D eigenvalue weighted by molar-refractivity contribution is 9.10. The minimum absolute atomic E-state index is 0.116. The zero-order valence-electron chi connectivity index (χ0n) is 6.24. The van der Waals surface area contributed by atoms with Crippen molar-refractivity contribution in [3.8, 4) is 0 Å². The van der Waals surface area contributed by atoms with Gasteiger partial charge in [0.1, 0.15) is 0 Å². The van der Waals surface area contributed by atoms with Crippen molar-refractivity contribution in [1.29, 1.82) is 0 Å². The molecule has 0 bridgehead atoms. The average molecular weight is 255 g/mol. The fourth-order valence-corrected chi connectivity index (χ4v) is 1.49. The predicted molar refractivity (Wildman–Crippen MR) is 48.8 cm³/mol. The van der Waals surface area contributed by atoms with Gasteiger partial charge in [0.2, 0.25) is 0 Å². The summed E-state index contributed by atoms with van der Waals surface area (Å²) >= 11 is 8.75. The minimum atomic E-state index is -2.52. The first kappa shape index (κ1) is 9.93. The largest absolute Gasteiger partial charge is 0.265 e. The molecule has 0 spiro atoms. The molecule has 0 fully saturated rings. The van der Waals surface area contributed by atoms with Crippen LogP contribution in [0.2, 0.25) is 5.02 Å². The van der Waals surface area contributed by atoms with Crippen LogP contribution in [0.5, 0.6) is 0 Å². The Morgan fingerprint density at radius 1 is 1.42 bits per heavy atom. The Bertz CT molecular complexity index is 299. The van der Waals surface area contributed by atoms with E-state index in [4.69, 9.17) is 11.6 Å². The number of alkyl halides is 2. The van der Waals surface area contributed by atoms with Crippen LogP contribution in [0.3, 0.4) is 0 Å². The first-order valence-corrected chi connectivity index (χ1v) is 4.43. The summed E-state index contributed by atoms with van der Waals surface area (Å²) in [5, 5.41) is 0.116. The van der Waals surface area contributed by atoms with Gasteiger partial charge in [0.05, 0.1) is 0 Å². The monoisotopic (exact) mass is 254 g/mol. The Kier molecular flexibility index (Phi) is 3.07. The molecule has 0 amide bonds. The van der Waals surface area contributed by atoms with Crippen molar-refractivity contribution in [2.45, 2.75) is 13.3 Å². The zero-order valence-corrected chi connectivity index (χ0v) is 8.59. The smallest absolute Gasteiger partial charge is 0.205 e. The number of hydrogen-bond donors (Lipinski definition) is 0. The van der Waals surface area contributed by atoms with E-state index in [0.717, 1.165) is 5.56 Å². The van der Waals surface area contributed by atoms with Crippen molar-refractivity contribution in [2.24, 2.45) is 0 Å². The molecule has 1 rings (SSSR count). The van der Waals surface area contributed by atoms with Gasteiger partial charge in [0.15, 0.2) is 0 Å². The van der Waals surface area contributed by atoms with Gasteiger partial charge in [0, 0.05) is 15.1 Å². The van der Waals surface area contributed by atoms with E-state index in [-0.39, 0.29) is 10.6 Å². The Balaban J connectivity index is 3.23. The SMILES string of the molecule is Cc1cc(Cl)c(C(F)F)cc1Br. The second-order valence-electron chi connectivity index (χ2n) is 2.42. The molecule has 0 aromatic heterocycles. The van der Waals surface area contributed by atoms with Crippen molar-refractivity contribution >= 4 is 27.5 Å². The van der Waals surface area contributed by atoms with Crippen LogP contribution in [0.1, 0.15) is 17.6 Å².